The van der Waals surface area contributed by atoms with Gasteiger partial charge in [0.25, 0.3) is 11.6 Å². The van der Waals surface area contributed by atoms with Crippen LogP contribution in [0.15, 0.2) is 48.5 Å². The van der Waals surface area contributed by atoms with Crippen LogP contribution in [0.2, 0.25) is 0 Å². The highest BCUT2D eigenvalue weighted by Gasteiger charge is 2.52. The summed E-state index contributed by atoms with van der Waals surface area (Å²) < 4.78 is 7.47. The van der Waals surface area contributed by atoms with Gasteiger partial charge in [0.05, 0.1) is 13.7 Å². The van der Waals surface area contributed by atoms with Crippen LogP contribution in [-0.2, 0) is 5.72 Å². The Morgan fingerprint density at radius 2 is 1.84 bits per heavy atom. The van der Waals surface area contributed by atoms with Gasteiger partial charge in [-0.1, -0.05) is 18.2 Å². The van der Waals surface area contributed by atoms with E-state index in [1.807, 2.05) is 24.3 Å². The van der Waals surface area contributed by atoms with Gasteiger partial charge in [0.1, 0.15) is 11.4 Å². The molecule has 0 unspecified atom stereocenters. The number of para-hydroxylation sites is 1. The Labute approximate surface area is 149 Å². The number of hydrogen-bond donors (Lipinski definition) is 1. The van der Waals surface area contributed by atoms with E-state index in [1.165, 1.54) is 23.5 Å². The van der Waals surface area contributed by atoms with Gasteiger partial charge in [0, 0.05) is 12.0 Å². The first-order valence-electron chi connectivity index (χ1n) is 8.97. The number of hydrogen-bond acceptors (Lipinski definition) is 3. The molecule has 0 fully saturated rings. The van der Waals surface area contributed by atoms with Crippen LogP contribution in [0.25, 0.3) is 0 Å². The first kappa shape index (κ1) is 16.2. The van der Waals surface area contributed by atoms with Gasteiger partial charge in [0.15, 0.2) is 6.54 Å². The second kappa shape index (κ2) is 6.19. The summed E-state index contributed by atoms with van der Waals surface area (Å²) in [6, 6.07) is 16.2. The Balaban J connectivity index is 1.79. The largest absolute Gasteiger partial charge is 0.497 e. The molecule has 1 N–H and O–H groups in total. The highest BCUT2D eigenvalue weighted by Crippen LogP contribution is 2.37. The molecule has 4 nitrogen and oxygen atoms in total. The van der Waals surface area contributed by atoms with Crippen molar-refractivity contribution in [1.82, 2.24) is 0 Å². The third kappa shape index (κ3) is 2.61. The van der Waals surface area contributed by atoms with Gasteiger partial charge in [0.2, 0.25) is 0 Å². The molecule has 1 atom stereocenters. The molecule has 2 heterocycles. The Bertz CT molecular complexity index is 813. The van der Waals surface area contributed by atoms with E-state index >= 15 is 0 Å². The SMILES string of the molecule is COc1ccc([C@@]2(O)CN(c3ccccc3C)C3=[N+]2CCCC3)cc1. The van der Waals surface area contributed by atoms with Crippen molar-refractivity contribution in [3.63, 3.8) is 0 Å². The normalized spacial score (nSPS) is 22.9. The molecule has 0 bridgehead atoms. The quantitative estimate of drug-likeness (QED) is 0.873. The molecule has 130 valence electrons. The van der Waals surface area contributed by atoms with Crippen LogP contribution < -0.4 is 9.64 Å². The topological polar surface area (TPSA) is 35.7 Å². The number of aliphatic hydroxyl groups is 1. The van der Waals surface area contributed by atoms with Crippen molar-refractivity contribution in [3.8, 4) is 5.75 Å². The van der Waals surface area contributed by atoms with Crippen LogP contribution in [0.1, 0.15) is 30.4 Å². The summed E-state index contributed by atoms with van der Waals surface area (Å²) in [4.78, 5) is 2.30. The number of nitrogens with zero attached hydrogens (tertiary/aromatic N) is 2. The van der Waals surface area contributed by atoms with Crippen molar-refractivity contribution < 1.29 is 14.4 Å². The van der Waals surface area contributed by atoms with E-state index in [2.05, 4.69) is 40.7 Å². The van der Waals surface area contributed by atoms with Gasteiger partial charge in [-0.15, -0.1) is 0 Å². The van der Waals surface area contributed by atoms with E-state index in [4.69, 9.17) is 4.74 Å². The fourth-order valence-electron chi connectivity index (χ4n) is 4.09. The molecule has 0 aromatic heterocycles. The van der Waals surface area contributed by atoms with Crippen molar-refractivity contribution in [2.75, 3.05) is 25.1 Å². The maximum atomic E-state index is 11.7. The standard InChI is InChI=1S/C21H25N2O2/c1-16-7-3-4-8-19(16)22-15-21(24,23-14-6-5-9-20(22)23)17-10-12-18(25-2)13-11-17/h3-4,7-8,10-13,24H,5-6,9,14-15H2,1-2H3/q+1/t21-/m0/s1. The fourth-order valence-corrected chi connectivity index (χ4v) is 4.09. The minimum Gasteiger partial charge on any atom is -0.497 e. The van der Waals surface area contributed by atoms with E-state index < -0.39 is 5.72 Å². The summed E-state index contributed by atoms with van der Waals surface area (Å²) in [5, 5.41) is 11.7. The molecule has 2 aromatic carbocycles. The van der Waals surface area contributed by atoms with Gasteiger partial charge in [-0.25, -0.2) is 9.48 Å². The molecular formula is C21H25N2O2+. The van der Waals surface area contributed by atoms with Crippen LogP contribution in [0.5, 0.6) is 5.75 Å². The summed E-state index contributed by atoms with van der Waals surface area (Å²) >= 11 is 0. The third-order valence-corrected chi connectivity index (χ3v) is 5.44. The van der Waals surface area contributed by atoms with Crippen LogP contribution in [0, 0.1) is 6.92 Å². The van der Waals surface area contributed by atoms with Crippen LogP contribution in [0.3, 0.4) is 0 Å². The van der Waals surface area contributed by atoms with Crippen LogP contribution in [0.4, 0.5) is 5.69 Å². The first-order chi connectivity index (χ1) is 12.1. The number of ether oxygens (including phenoxy) is 1. The molecule has 2 aliphatic rings. The van der Waals surface area contributed by atoms with Crippen molar-refractivity contribution >= 4 is 11.5 Å². The number of benzene rings is 2. The molecule has 2 aliphatic heterocycles. The molecule has 4 heteroatoms. The molecule has 2 aromatic rings. The van der Waals surface area contributed by atoms with Crippen LogP contribution >= 0.6 is 0 Å². The number of β-amino-alcohol motifs (C(OH)–C–C–N with tert-alkyl or cyclic N) is 1. The second-order valence-corrected chi connectivity index (χ2v) is 6.94. The molecular weight excluding hydrogens is 312 g/mol. The lowest BCUT2D eigenvalue weighted by Crippen LogP contribution is -2.41. The van der Waals surface area contributed by atoms with Crippen molar-refractivity contribution in [3.05, 3.63) is 59.7 Å². The number of aryl methyl sites for hydroxylation is 1. The summed E-state index contributed by atoms with van der Waals surface area (Å²) in [7, 11) is 1.66. The smallest absolute Gasteiger partial charge is 0.271 e. The highest BCUT2D eigenvalue weighted by molar-refractivity contribution is 5.96. The number of methoxy groups -OCH3 is 1. The Hall–Kier alpha value is -2.33. The van der Waals surface area contributed by atoms with Crippen molar-refractivity contribution in [2.24, 2.45) is 0 Å². The predicted molar refractivity (Wildman–Crippen MR) is 99.4 cm³/mol. The second-order valence-electron chi connectivity index (χ2n) is 6.94. The van der Waals surface area contributed by atoms with E-state index in [-0.39, 0.29) is 0 Å². The number of anilines is 1. The Morgan fingerprint density at radius 3 is 2.56 bits per heavy atom. The lowest BCUT2D eigenvalue weighted by Gasteiger charge is -2.24. The summed E-state index contributed by atoms with van der Waals surface area (Å²) in [6.07, 6.45) is 3.29. The molecule has 0 aliphatic carbocycles. The van der Waals surface area contributed by atoms with Gasteiger partial charge in [-0.2, -0.15) is 0 Å². The molecule has 4 rings (SSSR count). The fraction of sp³-hybridized carbons (Fsp3) is 0.381. The number of rotatable bonds is 3. The molecule has 0 saturated heterocycles. The molecule has 0 radical (unpaired) electrons. The summed E-state index contributed by atoms with van der Waals surface area (Å²) in [5.74, 6) is 2.04. The molecule has 0 amide bonds. The zero-order valence-corrected chi connectivity index (χ0v) is 14.9. The molecule has 25 heavy (non-hydrogen) atoms. The zero-order chi connectivity index (χ0) is 17.4. The predicted octanol–water partition coefficient (Wildman–Crippen LogP) is 3.26. The first-order valence-corrected chi connectivity index (χ1v) is 8.97. The minimum atomic E-state index is -0.996. The lowest BCUT2D eigenvalue weighted by atomic mass is 10.0. The van der Waals surface area contributed by atoms with Crippen molar-refractivity contribution in [1.29, 1.82) is 0 Å². The lowest BCUT2D eigenvalue weighted by molar-refractivity contribution is -0.661. The monoisotopic (exact) mass is 337 g/mol. The van der Waals surface area contributed by atoms with Crippen LogP contribution in [-0.4, -0.2) is 35.7 Å². The van der Waals surface area contributed by atoms with E-state index in [0.717, 1.165) is 30.7 Å². The molecule has 0 saturated carbocycles. The maximum absolute atomic E-state index is 11.7. The highest BCUT2D eigenvalue weighted by atomic mass is 16.5. The van der Waals surface area contributed by atoms with Gasteiger partial charge < -0.3 is 9.84 Å². The average molecular weight is 337 g/mol. The van der Waals surface area contributed by atoms with Gasteiger partial charge in [-0.3, -0.25) is 0 Å². The van der Waals surface area contributed by atoms with E-state index in [9.17, 15) is 5.11 Å². The van der Waals surface area contributed by atoms with E-state index in [1.54, 1.807) is 7.11 Å². The Morgan fingerprint density at radius 1 is 1.08 bits per heavy atom. The van der Waals surface area contributed by atoms with Crippen molar-refractivity contribution in [2.45, 2.75) is 31.9 Å². The third-order valence-electron chi connectivity index (χ3n) is 5.44. The average Bonchev–Trinajstić information content (AvgIpc) is 2.97. The van der Waals surface area contributed by atoms with E-state index in [0.29, 0.717) is 6.54 Å². The summed E-state index contributed by atoms with van der Waals surface area (Å²) in [5.41, 5.74) is 2.35. The maximum Gasteiger partial charge on any atom is 0.271 e. The minimum absolute atomic E-state index is 0.555. The zero-order valence-electron chi connectivity index (χ0n) is 14.9. The molecule has 0 spiro atoms. The summed E-state index contributed by atoms with van der Waals surface area (Å²) in [6.45, 7) is 3.58. The Kier molecular flexibility index (Phi) is 4.00. The van der Waals surface area contributed by atoms with Gasteiger partial charge >= 0.3 is 0 Å². The number of amidine groups is 1. The van der Waals surface area contributed by atoms with Gasteiger partial charge in [-0.05, 0) is 55.7 Å².